The molecule has 0 spiro atoms. The van der Waals surface area contributed by atoms with Gasteiger partial charge in [0, 0.05) is 30.0 Å². The highest BCUT2D eigenvalue weighted by atomic mass is 19.4. The summed E-state index contributed by atoms with van der Waals surface area (Å²) in [5.74, 6) is 2.01. The monoisotopic (exact) mass is 511 g/mol. The number of benzene rings is 3. The van der Waals surface area contributed by atoms with E-state index in [0.717, 1.165) is 60.0 Å². The maximum absolute atomic E-state index is 13.2. The number of fused-ring (bicyclic) bond motifs is 1. The van der Waals surface area contributed by atoms with Crippen molar-refractivity contribution in [1.29, 1.82) is 0 Å². The van der Waals surface area contributed by atoms with E-state index in [1.807, 2.05) is 30.3 Å². The van der Waals surface area contributed by atoms with E-state index in [2.05, 4.69) is 17.0 Å². The lowest BCUT2D eigenvalue weighted by atomic mass is 9.75. The molecule has 1 fully saturated rings. The third kappa shape index (κ3) is 5.87. The zero-order valence-electron chi connectivity index (χ0n) is 21.0. The van der Waals surface area contributed by atoms with Crippen molar-refractivity contribution in [3.8, 4) is 17.2 Å². The van der Waals surface area contributed by atoms with Gasteiger partial charge in [0.15, 0.2) is 0 Å². The Kier molecular flexibility index (Phi) is 7.60. The second kappa shape index (κ2) is 11.1. The number of halogens is 3. The van der Waals surface area contributed by atoms with E-state index in [1.165, 1.54) is 19.3 Å². The lowest BCUT2D eigenvalue weighted by Crippen LogP contribution is -2.33. The van der Waals surface area contributed by atoms with Crippen LogP contribution < -0.4 is 14.2 Å². The Morgan fingerprint density at radius 1 is 0.865 bits per heavy atom. The van der Waals surface area contributed by atoms with Gasteiger partial charge in [-0.05, 0) is 67.4 Å². The maximum Gasteiger partial charge on any atom is 0.416 e. The number of methoxy groups -OCH3 is 1. The first-order valence-corrected chi connectivity index (χ1v) is 12.9. The summed E-state index contributed by atoms with van der Waals surface area (Å²) in [4.78, 5) is 2.44. The molecule has 0 aliphatic carbocycles. The molecule has 7 heteroatoms. The topological polar surface area (TPSA) is 30.9 Å². The molecule has 37 heavy (non-hydrogen) atoms. The zero-order valence-corrected chi connectivity index (χ0v) is 21.0. The normalized spacial score (nSPS) is 20.1. The minimum absolute atomic E-state index is 0.0891. The minimum atomic E-state index is -4.37. The molecule has 3 aromatic carbocycles. The van der Waals surface area contributed by atoms with Crippen LogP contribution in [-0.4, -0.2) is 44.9 Å². The van der Waals surface area contributed by atoms with Gasteiger partial charge in [-0.1, -0.05) is 36.8 Å². The van der Waals surface area contributed by atoms with E-state index in [9.17, 15) is 13.2 Å². The van der Waals surface area contributed by atoms with E-state index in [-0.39, 0.29) is 11.8 Å². The van der Waals surface area contributed by atoms with Gasteiger partial charge in [-0.3, -0.25) is 4.90 Å². The molecule has 5 rings (SSSR count). The summed E-state index contributed by atoms with van der Waals surface area (Å²) in [7, 11) is 1.61. The number of alkyl halides is 3. The molecule has 2 atom stereocenters. The minimum Gasteiger partial charge on any atom is -0.497 e. The van der Waals surface area contributed by atoms with Crippen molar-refractivity contribution in [3.63, 3.8) is 0 Å². The summed E-state index contributed by atoms with van der Waals surface area (Å²) >= 11 is 0. The lowest BCUT2D eigenvalue weighted by Gasteiger charge is -2.35. The Morgan fingerprint density at radius 2 is 1.54 bits per heavy atom. The summed E-state index contributed by atoms with van der Waals surface area (Å²) < 4.78 is 56.9. The van der Waals surface area contributed by atoms with E-state index >= 15 is 0 Å². The first kappa shape index (κ1) is 25.5. The van der Waals surface area contributed by atoms with Gasteiger partial charge in [-0.2, -0.15) is 13.2 Å². The molecule has 0 bridgehead atoms. The molecular weight excluding hydrogens is 479 g/mol. The fraction of sp³-hybridized carbons (Fsp3) is 0.400. The van der Waals surface area contributed by atoms with Crippen LogP contribution in [0.3, 0.4) is 0 Å². The van der Waals surface area contributed by atoms with Gasteiger partial charge in [0.25, 0.3) is 0 Å². The molecule has 0 aromatic heterocycles. The fourth-order valence-electron chi connectivity index (χ4n) is 5.38. The van der Waals surface area contributed by atoms with E-state index in [0.29, 0.717) is 19.0 Å². The largest absolute Gasteiger partial charge is 0.497 e. The fourth-order valence-corrected chi connectivity index (χ4v) is 5.38. The van der Waals surface area contributed by atoms with Crippen LogP contribution in [0.1, 0.15) is 53.4 Å². The van der Waals surface area contributed by atoms with Gasteiger partial charge in [-0.25, -0.2) is 0 Å². The molecule has 2 heterocycles. The van der Waals surface area contributed by atoms with Gasteiger partial charge in [0.1, 0.15) is 23.9 Å². The first-order chi connectivity index (χ1) is 17.9. The van der Waals surface area contributed by atoms with Crippen LogP contribution in [0.5, 0.6) is 17.2 Å². The Bertz CT molecular complexity index is 1170. The standard InChI is InChI=1S/C30H32F3NO3/c1-35-25-13-14-26-28(19-25)37-20-27(21-5-9-23(10-6-21)30(31,32)33)29(26)22-7-11-24(12-8-22)36-18-17-34-15-3-2-4-16-34/h5-14,19,27,29H,2-4,15-18,20H2,1H3/t27-,29-/m1/s1. The molecule has 196 valence electrons. The molecule has 0 amide bonds. The molecule has 2 aliphatic heterocycles. The highest BCUT2D eigenvalue weighted by Crippen LogP contribution is 2.47. The van der Waals surface area contributed by atoms with Crippen molar-refractivity contribution >= 4 is 0 Å². The second-order valence-corrected chi connectivity index (χ2v) is 9.74. The van der Waals surface area contributed by atoms with Gasteiger partial charge >= 0.3 is 6.18 Å². The Labute approximate surface area is 216 Å². The van der Waals surface area contributed by atoms with Crippen molar-refractivity contribution in [2.75, 3.05) is 40.0 Å². The SMILES string of the molecule is COc1ccc2c(c1)OC[C@H](c1ccc(C(F)(F)F)cc1)[C@@H]2c1ccc(OCCN2CCCCC2)cc1. The van der Waals surface area contributed by atoms with Crippen LogP contribution in [0.15, 0.2) is 66.7 Å². The first-order valence-electron chi connectivity index (χ1n) is 12.9. The molecule has 0 saturated carbocycles. The van der Waals surface area contributed by atoms with Gasteiger partial charge < -0.3 is 14.2 Å². The summed E-state index contributed by atoms with van der Waals surface area (Å²) in [6, 6.07) is 19.2. The predicted molar refractivity (Wildman–Crippen MR) is 137 cm³/mol. The number of hydrogen-bond donors (Lipinski definition) is 0. The van der Waals surface area contributed by atoms with Crippen molar-refractivity contribution in [1.82, 2.24) is 4.90 Å². The molecule has 1 saturated heterocycles. The lowest BCUT2D eigenvalue weighted by molar-refractivity contribution is -0.137. The van der Waals surface area contributed by atoms with Crippen molar-refractivity contribution < 1.29 is 27.4 Å². The predicted octanol–water partition coefficient (Wildman–Crippen LogP) is 6.89. The average Bonchev–Trinajstić information content (AvgIpc) is 2.93. The summed E-state index contributed by atoms with van der Waals surface area (Å²) in [6.07, 6.45) is -0.539. The highest BCUT2D eigenvalue weighted by molar-refractivity contribution is 5.51. The molecule has 0 N–H and O–H groups in total. The van der Waals surface area contributed by atoms with Crippen LogP contribution in [-0.2, 0) is 6.18 Å². The van der Waals surface area contributed by atoms with E-state index in [1.54, 1.807) is 19.2 Å². The van der Waals surface area contributed by atoms with Crippen LogP contribution >= 0.6 is 0 Å². The number of ether oxygens (including phenoxy) is 3. The Balaban J connectivity index is 1.38. The molecule has 0 radical (unpaired) electrons. The van der Waals surface area contributed by atoms with Gasteiger partial charge in [-0.15, -0.1) is 0 Å². The van der Waals surface area contributed by atoms with Crippen LogP contribution in [0.25, 0.3) is 0 Å². The third-order valence-electron chi connectivity index (χ3n) is 7.41. The second-order valence-electron chi connectivity index (χ2n) is 9.74. The molecule has 0 unspecified atom stereocenters. The smallest absolute Gasteiger partial charge is 0.416 e. The van der Waals surface area contributed by atoms with E-state index in [4.69, 9.17) is 14.2 Å². The third-order valence-corrected chi connectivity index (χ3v) is 7.41. The Morgan fingerprint density at radius 3 is 2.22 bits per heavy atom. The number of nitrogens with zero attached hydrogens (tertiary/aromatic N) is 1. The van der Waals surface area contributed by atoms with Gasteiger partial charge in [0.05, 0.1) is 19.3 Å². The van der Waals surface area contributed by atoms with Crippen LogP contribution in [0, 0.1) is 0 Å². The van der Waals surface area contributed by atoms with Crippen molar-refractivity contribution in [3.05, 3.63) is 89.0 Å². The van der Waals surface area contributed by atoms with Crippen molar-refractivity contribution in [2.24, 2.45) is 0 Å². The number of likely N-dealkylation sites (tertiary alicyclic amines) is 1. The van der Waals surface area contributed by atoms with E-state index < -0.39 is 11.7 Å². The molecular formula is C30H32F3NO3. The quantitative estimate of drug-likeness (QED) is 0.346. The van der Waals surface area contributed by atoms with Crippen molar-refractivity contribution in [2.45, 2.75) is 37.3 Å². The van der Waals surface area contributed by atoms with Crippen LogP contribution in [0.2, 0.25) is 0 Å². The van der Waals surface area contributed by atoms with Crippen LogP contribution in [0.4, 0.5) is 13.2 Å². The molecule has 3 aromatic rings. The summed E-state index contributed by atoms with van der Waals surface area (Å²) in [5.41, 5.74) is 2.20. The number of rotatable bonds is 7. The summed E-state index contributed by atoms with van der Waals surface area (Å²) in [5, 5.41) is 0. The zero-order chi connectivity index (χ0) is 25.8. The maximum atomic E-state index is 13.2. The number of piperidine rings is 1. The highest BCUT2D eigenvalue weighted by Gasteiger charge is 2.35. The number of hydrogen-bond acceptors (Lipinski definition) is 4. The summed E-state index contributed by atoms with van der Waals surface area (Å²) in [6.45, 7) is 4.20. The van der Waals surface area contributed by atoms with Gasteiger partial charge in [0.2, 0.25) is 0 Å². The molecule has 4 nitrogen and oxygen atoms in total. The average molecular weight is 512 g/mol. The Hall–Kier alpha value is -3.19. The molecule has 2 aliphatic rings.